The molecule has 0 unspecified atom stereocenters. The van der Waals surface area contributed by atoms with Crippen LogP contribution in [0, 0.1) is 0 Å². The minimum Gasteiger partial charge on any atom is -0.492 e. The first-order chi connectivity index (χ1) is 10.1. The molecule has 1 aromatic carbocycles. The highest BCUT2D eigenvalue weighted by Gasteiger charge is 2.23. The number of carboxylic acid groups (broad SMARTS) is 1. The SMILES string of the molecule is CCC(CC)(CNCCOc1ccc(C(=O)O)cc1)SC. The second kappa shape index (κ2) is 8.95. The number of thioether (sulfide) groups is 1. The minimum absolute atomic E-state index is 0.274. The molecule has 0 spiro atoms. The molecule has 0 fully saturated rings. The number of hydrogen-bond acceptors (Lipinski definition) is 4. The Morgan fingerprint density at radius 2 is 1.90 bits per heavy atom. The van der Waals surface area contributed by atoms with Crippen LogP contribution in [0.15, 0.2) is 24.3 Å². The molecule has 1 rings (SSSR count). The Balaban J connectivity index is 2.29. The maximum Gasteiger partial charge on any atom is 0.335 e. The second-order valence-electron chi connectivity index (χ2n) is 4.95. The van der Waals surface area contributed by atoms with Gasteiger partial charge in [0.25, 0.3) is 0 Å². The monoisotopic (exact) mass is 311 g/mol. The first-order valence-electron chi connectivity index (χ1n) is 7.29. The highest BCUT2D eigenvalue weighted by Crippen LogP contribution is 2.29. The number of hydrogen-bond donors (Lipinski definition) is 2. The van der Waals surface area contributed by atoms with Gasteiger partial charge in [0, 0.05) is 17.8 Å². The molecule has 5 heteroatoms. The quantitative estimate of drug-likeness (QED) is 0.649. The summed E-state index contributed by atoms with van der Waals surface area (Å²) in [5.74, 6) is -0.223. The van der Waals surface area contributed by atoms with Gasteiger partial charge in [0.1, 0.15) is 12.4 Å². The third-order valence-electron chi connectivity index (χ3n) is 3.82. The second-order valence-corrected chi connectivity index (χ2v) is 6.22. The van der Waals surface area contributed by atoms with Crippen molar-refractivity contribution in [3.8, 4) is 5.75 Å². The summed E-state index contributed by atoms with van der Waals surface area (Å²) in [6, 6.07) is 6.48. The fourth-order valence-electron chi connectivity index (χ4n) is 2.11. The Morgan fingerprint density at radius 1 is 1.29 bits per heavy atom. The Labute approximate surface area is 131 Å². The average Bonchev–Trinajstić information content (AvgIpc) is 2.52. The zero-order chi connectivity index (χ0) is 15.7. The van der Waals surface area contributed by atoms with Crippen LogP contribution in [0.2, 0.25) is 0 Å². The van der Waals surface area contributed by atoms with Crippen molar-refractivity contribution in [3.05, 3.63) is 29.8 Å². The van der Waals surface area contributed by atoms with E-state index in [1.54, 1.807) is 24.3 Å². The van der Waals surface area contributed by atoms with Crippen LogP contribution < -0.4 is 10.1 Å². The number of rotatable bonds is 10. The normalized spacial score (nSPS) is 11.4. The molecule has 0 aromatic heterocycles. The van der Waals surface area contributed by atoms with Gasteiger partial charge in [0.2, 0.25) is 0 Å². The van der Waals surface area contributed by atoms with E-state index in [0.29, 0.717) is 17.1 Å². The fourth-order valence-corrected chi connectivity index (χ4v) is 2.94. The van der Waals surface area contributed by atoms with Crippen molar-refractivity contribution in [3.63, 3.8) is 0 Å². The zero-order valence-corrected chi connectivity index (χ0v) is 13.8. The van der Waals surface area contributed by atoms with E-state index in [1.165, 1.54) is 0 Å². The standard InChI is InChI=1S/C16H25NO3S/c1-4-16(5-2,21-3)12-17-10-11-20-14-8-6-13(7-9-14)15(18)19/h6-9,17H,4-5,10-12H2,1-3H3,(H,18,19). The summed E-state index contributed by atoms with van der Waals surface area (Å²) in [4.78, 5) is 10.7. The van der Waals surface area contributed by atoms with Crippen LogP contribution in [-0.4, -0.2) is 41.8 Å². The van der Waals surface area contributed by atoms with Gasteiger partial charge in [-0.3, -0.25) is 0 Å². The maximum atomic E-state index is 10.7. The van der Waals surface area contributed by atoms with E-state index in [0.717, 1.165) is 25.9 Å². The van der Waals surface area contributed by atoms with Crippen molar-refractivity contribution in [2.75, 3.05) is 26.0 Å². The molecule has 0 amide bonds. The maximum absolute atomic E-state index is 10.7. The van der Waals surface area contributed by atoms with Gasteiger partial charge in [-0.15, -0.1) is 0 Å². The predicted octanol–water partition coefficient (Wildman–Crippen LogP) is 3.28. The van der Waals surface area contributed by atoms with E-state index in [2.05, 4.69) is 25.4 Å². The highest BCUT2D eigenvalue weighted by molar-refractivity contribution is 8.00. The number of carbonyl (C=O) groups is 1. The summed E-state index contributed by atoms with van der Waals surface area (Å²) in [7, 11) is 0. The smallest absolute Gasteiger partial charge is 0.335 e. The third-order valence-corrected chi connectivity index (χ3v) is 5.41. The molecular weight excluding hydrogens is 286 g/mol. The molecule has 0 aliphatic carbocycles. The van der Waals surface area contributed by atoms with Crippen molar-refractivity contribution in [2.24, 2.45) is 0 Å². The molecule has 0 bridgehead atoms. The molecule has 4 nitrogen and oxygen atoms in total. The van der Waals surface area contributed by atoms with Crippen LogP contribution in [0.25, 0.3) is 0 Å². The topological polar surface area (TPSA) is 58.6 Å². The van der Waals surface area contributed by atoms with Crippen LogP contribution in [0.1, 0.15) is 37.0 Å². The molecule has 0 aliphatic heterocycles. The van der Waals surface area contributed by atoms with E-state index in [1.807, 2.05) is 11.8 Å². The summed E-state index contributed by atoms with van der Waals surface area (Å²) >= 11 is 1.92. The number of aromatic carboxylic acids is 1. The van der Waals surface area contributed by atoms with Gasteiger partial charge in [0.15, 0.2) is 0 Å². The largest absolute Gasteiger partial charge is 0.492 e. The van der Waals surface area contributed by atoms with E-state index in [4.69, 9.17) is 9.84 Å². The average molecular weight is 311 g/mol. The lowest BCUT2D eigenvalue weighted by Crippen LogP contribution is -2.38. The fraction of sp³-hybridized carbons (Fsp3) is 0.562. The van der Waals surface area contributed by atoms with Gasteiger partial charge in [-0.25, -0.2) is 4.79 Å². The molecule has 0 aliphatic rings. The molecule has 0 saturated carbocycles. The van der Waals surface area contributed by atoms with Crippen LogP contribution in [-0.2, 0) is 0 Å². The molecule has 1 aromatic rings. The zero-order valence-electron chi connectivity index (χ0n) is 13.0. The molecule has 0 atom stereocenters. The van der Waals surface area contributed by atoms with Gasteiger partial charge >= 0.3 is 5.97 Å². The first kappa shape index (κ1) is 17.9. The lowest BCUT2D eigenvalue weighted by atomic mass is 10.0. The molecule has 2 N–H and O–H groups in total. The summed E-state index contributed by atoms with van der Waals surface area (Å²) < 4.78 is 5.90. The highest BCUT2D eigenvalue weighted by atomic mass is 32.2. The van der Waals surface area contributed by atoms with Crippen LogP contribution in [0.3, 0.4) is 0 Å². The lowest BCUT2D eigenvalue weighted by molar-refractivity contribution is 0.0697. The van der Waals surface area contributed by atoms with Gasteiger partial charge in [-0.05, 0) is 43.4 Å². The number of nitrogens with one attached hydrogen (secondary N) is 1. The van der Waals surface area contributed by atoms with Crippen molar-refractivity contribution in [1.29, 1.82) is 0 Å². The van der Waals surface area contributed by atoms with E-state index >= 15 is 0 Å². The van der Waals surface area contributed by atoms with E-state index in [9.17, 15) is 4.79 Å². The Kier molecular flexibility index (Phi) is 7.61. The summed E-state index contributed by atoms with van der Waals surface area (Å²) in [5, 5.41) is 12.3. The lowest BCUT2D eigenvalue weighted by Gasteiger charge is -2.30. The number of benzene rings is 1. The van der Waals surface area contributed by atoms with Gasteiger partial charge in [0.05, 0.1) is 5.56 Å². The van der Waals surface area contributed by atoms with Crippen LogP contribution in [0.5, 0.6) is 5.75 Å². The Morgan fingerprint density at radius 3 is 2.38 bits per heavy atom. The summed E-state index contributed by atoms with van der Waals surface area (Å²) in [6.45, 7) is 6.78. The minimum atomic E-state index is -0.921. The molecular formula is C16H25NO3S. The van der Waals surface area contributed by atoms with E-state index < -0.39 is 5.97 Å². The van der Waals surface area contributed by atoms with Crippen molar-refractivity contribution in [1.82, 2.24) is 5.32 Å². The third kappa shape index (κ3) is 5.59. The van der Waals surface area contributed by atoms with E-state index in [-0.39, 0.29) is 5.56 Å². The number of ether oxygens (including phenoxy) is 1. The summed E-state index contributed by atoms with van der Waals surface area (Å²) in [5.41, 5.74) is 0.274. The van der Waals surface area contributed by atoms with Gasteiger partial charge in [-0.1, -0.05) is 13.8 Å². The van der Waals surface area contributed by atoms with Gasteiger partial charge < -0.3 is 15.2 Å². The predicted molar refractivity (Wildman–Crippen MR) is 88.6 cm³/mol. The van der Waals surface area contributed by atoms with Gasteiger partial charge in [-0.2, -0.15) is 11.8 Å². The van der Waals surface area contributed by atoms with Crippen molar-refractivity contribution >= 4 is 17.7 Å². The molecule has 21 heavy (non-hydrogen) atoms. The molecule has 0 radical (unpaired) electrons. The number of carboxylic acids is 1. The van der Waals surface area contributed by atoms with Crippen LogP contribution >= 0.6 is 11.8 Å². The first-order valence-corrected chi connectivity index (χ1v) is 8.51. The Bertz CT molecular complexity index is 421. The molecule has 0 saturated heterocycles. The Hall–Kier alpha value is -1.20. The molecule has 118 valence electrons. The van der Waals surface area contributed by atoms with Crippen molar-refractivity contribution < 1.29 is 14.6 Å². The molecule has 0 heterocycles. The van der Waals surface area contributed by atoms with Crippen LogP contribution in [0.4, 0.5) is 0 Å². The summed E-state index contributed by atoms with van der Waals surface area (Å²) in [6.07, 6.45) is 4.46. The van der Waals surface area contributed by atoms with Crippen molar-refractivity contribution in [2.45, 2.75) is 31.4 Å².